The van der Waals surface area contributed by atoms with Crippen molar-refractivity contribution in [1.29, 1.82) is 0 Å². The molecule has 0 unspecified atom stereocenters. The van der Waals surface area contributed by atoms with E-state index in [2.05, 4.69) is 4.98 Å². The van der Waals surface area contributed by atoms with E-state index in [0.29, 0.717) is 5.69 Å². The number of aromatic amines is 1. The number of nitrogens with zero attached hydrogens (tertiary/aromatic N) is 2. The zero-order valence-corrected chi connectivity index (χ0v) is 14.0. The van der Waals surface area contributed by atoms with Gasteiger partial charge in [0.15, 0.2) is 0 Å². The molecule has 0 radical (unpaired) electrons. The van der Waals surface area contributed by atoms with E-state index in [0.717, 1.165) is 4.57 Å². The van der Waals surface area contributed by atoms with Crippen LogP contribution in [-0.2, 0) is 23.6 Å². The molecule has 0 fully saturated rings. The fourth-order valence-corrected chi connectivity index (χ4v) is 2.93. The van der Waals surface area contributed by atoms with Crippen molar-refractivity contribution in [2.45, 2.75) is 12.8 Å². The van der Waals surface area contributed by atoms with Crippen molar-refractivity contribution < 1.29 is 14.3 Å². The molecule has 1 aliphatic heterocycles. The molecular formula is C16H18N4O5. The Morgan fingerprint density at radius 3 is 2.68 bits per heavy atom. The molecule has 0 aromatic carbocycles. The van der Waals surface area contributed by atoms with Gasteiger partial charge in [0.2, 0.25) is 11.8 Å². The van der Waals surface area contributed by atoms with Crippen LogP contribution in [-0.4, -0.2) is 26.7 Å². The molecule has 2 aromatic rings. The van der Waals surface area contributed by atoms with Gasteiger partial charge < -0.3 is 20.2 Å². The lowest BCUT2D eigenvalue weighted by Crippen LogP contribution is -2.43. The van der Waals surface area contributed by atoms with E-state index in [1.165, 1.54) is 18.7 Å². The molecule has 1 aliphatic rings. The Balaban J connectivity index is 2.36. The SMILES string of the molecule is CCOC(=O)C1=C(N)Oc2c(c(=O)n(C)c(=O)n2C)[C@H]1c1ccc[nH]1. The van der Waals surface area contributed by atoms with Gasteiger partial charge >= 0.3 is 11.7 Å². The molecular weight excluding hydrogens is 328 g/mol. The minimum atomic E-state index is -0.830. The number of rotatable bonds is 3. The molecule has 0 saturated carbocycles. The van der Waals surface area contributed by atoms with Crippen LogP contribution in [0.2, 0.25) is 0 Å². The first-order valence-electron chi connectivity index (χ1n) is 7.66. The predicted molar refractivity (Wildman–Crippen MR) is 88.0 cm³/mol. The second-order valence-electron chi connectivity index (χ2n) is 5.58. The fraction of sp³-hybridized carbons (Fsp3) is 0.312. The number of fused-ring (bicyclic) bond motifs is 1. The summed E-state index contributed by atoms with van der Waals surface area (Å²) >= 11 is 0. The van der Waals surface area contributed by atoms with E-state index in [9.17, 15) is 14.4 Å². The first kappa shape index (κ1) is 16.6. The van der Waals surface area contributed by atoms with Gasteiger partial charge in [0, 0.05) is 26.0 Å². The smallest absolute Gasteiger partial charge is 0.340 e. The molecule has 0 spiro atoms. The molecule has 0 amide bonds. The number of nitrogens with one attached hydrogen (secondary N) is 1. The molecule has 1 atom stereocenters. The highest BCUT2D eigenvalue weighted by Crippen LogP contribution is 2.39. The Morgan fingerprint density at radius 2 is 2.08 bits per heavy atom. The quantitative estimate of drug-likeness (QED) is 0.734. The third-order valence-corrected chi connectivity index (χ3v) is 4.12. The van der Waals surface area contributed by atoms with E-state index in [-0.39, 0.29) is 29.5 Å². The third-order valence-electron chi connectivity index (χ3n) is 4.12. The Kier molecular flexibility index (Phi) is 3.99. The highest BCUT2D eigenvalue weighted by molar-refractivity contribution is 5.92. The lowest BCUT2D eigenvalue weighted by Gasteiger charge is -2.28. The molecule has 3 rings (SSSR count). The summed E-state index contributed by atoms with van der Waals surface area (Å²) in [6.45, 7) is 1.81. The minimum absolute atomic E-state index is 0.0123. The maximum Gasteiger partial charge on any atom is 0.340 e. The van der Waals surface area contributed by atoms with Crippen LogP contribution in [0.5, 0.6) is 5.88 Å². The number of nitrogens with two attached hydrogens (primary N) is 1. The lowest BCUT2D eigenvalue weighted by molar-refractivity contribution is -0.139. The first-order chi connectivity index (χ1) is 11.9. The lowest BCUT2D eigenvalue weighted by atomic mass is 9.88. The molecule has 2 aromatic heterocycles. The summed E-state index contributed by atoms with van der Waals surface area (Å²) in [5, 5.41) is 0. The number of carbonyl (C=O) groups excluding carboxylic acids is 1. The Morgan fingerprint density at radius 1 is 1.36 bits per heavy atom. The topological polar surface area (TPSA) is 121 Å². The van der Waals surface area contributed by atoms with Gasteiger partial charge in [0.25, 0.3) is 5.56 Å². The van der Waals surface area contributed by atoms with Gasteiger partial charge in [-0.1, -0.05) is 0 Å². The molecule has 9 heteroatoms. The average Bonchev–Trinajstić information content (AvgIpc) is 3.11. The summed E-state index contributed by atoms with van der Waals surface area (Å²) in [5.41, 5.74) is 5.55. The molecule has 0 aliphatic carbocycles. The summed E-state index contributed by atoms with van der Waals surface area (Å²) in [6, 6.07) is 3.45. The second kappa shape index (κ2) is 6.00. The molecule has 3 heterocycles. The summed E-state index contributed by atoms with van der Waals surface area (Å²) < 4.78 is 12.7. The normalized spacial score (nSPS) is 16.4. The number of carbonyl (C=O) groups is 1. The molecule has 3 N–H and O–H groups in total. The monoisotopic (exact) mass is 346 g/mol. The highest BCUT2D eigenvalue weighted by atomic mass is 16.5. The predicted octanol–water partition coefficient (Wildman–Crippen LogP) is -0.330. The maximum absolute atomic E-state index is 12.8. The standard InChI is InChI=1S/C16H18N4O5/c1-4-24-15(22)10-9(8-6-5-7-18-8)11-13(21)19(2)16(23)20(3)14(11)25-12(10)17/h5-7,9,18H,4,17H2,1-3H3/t9-/m0/s1. The van der Waals surface area contributed by atoms with Gasteiger partial charge in [-0.3, -0.25) is 13.9 Å². The van der Waals surface area contributed by atoms with Crippen molar-refractivity contribution in [3.05, 3.63) is 61.9 Å². The van der Waals surface area contributed by atoms with Crippen molar-refractivity contribution in [2.24, 2.45) is 19.8 Å². The van der Waals surface area contributed by atoms with Gasteiger partial charge in [-0.2, -0.15) is 0 Å². The van der Waals surface area contributed by atoms with E-state index in [1.54, 1.807) is 25.3 Å². The number of esters is 1. The first-order valence-corrected chi connectivity index (χ1v) is 7.66. The van der Waals surface area contributed by atoms with E-state index >= 15 is 0 Å². The molecule has 25 heavy (non-hydrogen) atoms. The third kappa shape index (κ3) is 2.44. The fourth-order valence-electron chi connectivity index (χ4n) is 2.93. The average molecular weight is 346 g/mol. The number of H-pyrrole nitrogens is 1. The van der Waals surface area contributed by atoms with Crippen molar-refractivity contribution in [1.82, 2.24) is 14.1 Å². The Bertz CT molecular complexity index is 981. The highest BCUT2D eigenvalue weighted by Gasteiger charge is 2.40. The zero-order valence-electron chi connectivity index (χ0n) is 14.0. The van der Waals surface area contributed by atoms with Crippen LogP contribution in [0.3, 0.4) is 0 Å². The summed E-state index contributed by atoms with van der Waals surface area (Å²) in [7, 11) is 2.83. The summed E-state index contributed by atoms with van der Waals surface area (Å²) in [6.07, 6.45) is 1.66. The van der Waals surface area contributed by atoms with Crippen molar-refractivity contribution in [3.63, 3.8) is 0 Å². The van der Waals surface area contributed by atoms with Crippen molar-refractivity contribution in [2.75, 3.05) is 6.61 Å². The van der Waals surface area contributed by atoms with Crippen LogP contribution < -0.4 is 21.7 Å². The van der Waals surface area contributed by atoms with Crippen LogP contribution in [0.15, 0.2) is 39.4 Å². The Labute approximate surface area is 142 Å². The van der Waals surface area contributed by atoms with Crippen LogP contribution in [0.25, 0.3) is 0 Å². The van der Waals surface area contributed by atoms with Crippen LogP contribution in [0.4, 0.5) is 0 Å². The van der Waals surface area contributed by atoms with Gasteiger partial charge in [-0.15, -0.1) is 0 Å². The molecule has 132 valence electrons. The minimum Gasteiger partial charge on any atom is -0.462 e. The van der Waals surface area contributed by atoms with E-state index in [1.807, 2.05) is 0 Å². The van der Waals surface area contributed by atoms with Crippen LogP contribution >= 0.6 is 0 Å². The molecule has 9 nitrogen and oxygen atoms in total. The second-order valence-corrected chi connectivity index (χ2v) is 5.58. The van der Waals surface area contributed by atoms with Crippen molar-refractivity contribution >= 4 is 5.97 Å². The number of aromatic nitrogens is 3. The molecule has 0 saturated heterocycles. The van der Waals surface area contributed by atoms with Crippen molar-refractivity contribution in [3.8, 4) is 5.88 Å². The maximum atomic E-state index is 12.8. The Hall–Kier alpha value is -3.23. The van der Waals surface area contributed by atoms with E-state index in [4.69, 9.17) is 15.2 Å². The number of hydrogen-bond acceptors (Lipinski definition) is 6. The van der Waals surface area contributed by atoms with Crippen LogP contribution in [0.1, 0.15) is 24.1 Å². The summed E-state index contributed by atoms with van der Waals surface area (Å²) in [4.78, 5) is 40.4. The van der Waals surface area contributed by atoms with E-state index < -0.39 is 23.1 Å². The molecule has 0 bridgehead atoms. The van der Waals surface area contributed by atoms with Crippen LogP contribution in [0, 0.1) is 0 Å². The van der Waals surface area contributed by atoms with Gasteiger partial charge in [0.1, 0.15) is 5.57 Å². The van der Waals surface area contributed by atoms with Gasteiger partial charge in [0.05, 0.1) is 18.1 Å². The number of hydrogen-bond donors (Lipinski definition) is 2. The number of ether oxygens (including phenoxy) is 2. The largest absolute Gasteiger partial charge is 0.462 e. The summed E-state index contributed by atoms with van der Waals surface area (Å²) in [5.74, 6) is -1.70. The van der Waals surface area contributed by atoms with Gasteiger partial charge in [-0.25, -0.2) is 9.59 Å². The zero-order chi connectivity index (χ0) is 18.3. The van der Waals surface area contributed by atoms with Gasteiger partial charge in [-0.05, 0) is 19.1 Å².